The number of halogens is 2. The summed E-state index contributed by atoms with van der Waals surface area (Å²) in [4.78, 5) is 43.8. The van der Waals surface area contributed by atoms with Crippen LogP contribution in [0.1, 0.15) is 37.4 Å². The van der Waals surface area contributed by atoms with Crippen molar-refractivity contribution < 1.29 is 32.3 Å². The van der Waals surface area contributed by atoms with Gasteiger partial charge in [0, 0.05) is 49.1 Å². The molecule has 212 valence electrons. The van der Waals surface area contributed by atoms with Gasteiger partial charge < -0.3 is 19.7 Å². The summed E-state index contributed by atoms with van der Waals surface area (Å²) in [5, 5.41) is 13.2. The summed E-state index contributed by atoms with van der Waals surface area (Å²) in [7, 11) is -3.56. The van der Waals surface area contributed by atoms with Gasteiger partial charge >= 0.3 is 5.97 Å². The summed E-state index contributed by atoms with van der Waals surface area (Å²) in [5.41, 5.74) is 2.62. The molecule has 4 aromatic rings. The van der Waals surface area contributed by atoms with Crippen LogP contribution >= 0.6 is 23.2 Å². The fraction of sp³-hybridized carbons (Fsp3) is 0.214. The van der Waals surface area contributed by atoms with Crippen LogP contribution in [0, 0.1) is 0 Å². The Hall–Kier alpha value is -3.93. The number of sulfone groups is 1. The average molecular weight is 616 g/mol. The molecule has 3 heterocycles. The zero-order valence-electron chi connectivity index (χ0n) is 21.6. The van der Waals surface area contributed by atoms with Crippen molar-refractivity contribution >= 4 is 61.8 Å². The van der Waals surface area contributed by atoms with Crippen molar-refractivity contribution in [1.82, 2.24) is 15.2 Å². The largest absolute Gasteiger partial charge is 0.480 e. The highest BCUT2D eigenvalue weighted by atomic mass is 35.5. The van der Waals surface area contributed by atoms with Crippen molar-refractivity contribution in [3.8, 4) is 0 Å². The molecule has 13 heteroatoms. The van der Waals surface area contributed by atoms with Crippen LogP contribution in [0.3, 0.4) is 0 Å². The van der Waals surface area contributed by atoms with Gasteiger partial charge in [0.2, 0.25) is 0 Å². The summed E-state index contributed by atoms with van der Waals surface area (Å²) in [6.07, 6.45) is 5.19. The number of nitrogens with zero attached hydrogens (tertiary/aromatic N) is 2. The number of carbonyl (C=O) groups excluding carboxylic acids is 2. The summed E-state index contributed by atoms with van der Waals surface area (Å²) in [6, 6.07) is 8.49. The Kier molecular flexibility index (Phi) is 7.78. The molecule has 0 bridgehead atoms. The molecule has 10 nitrogen and oxygen atoms in total. The van der Waals surface area contributed by atoms with Crippen molar-refractivity contribution in [2.45, 2.75) is 30.3 Å². The fourth-order valence-corrected chi connectivity index (χ4v) is 6.13. The number of pyridine rings is 1. The van der Waals surface area contributed by atoms with E-state index in [1.54, 1.807) is 29.4 Å². The summed E-state index contributed by atoms with van der Waals surface area (Å²) in [5.74, 6) is -2.33. The van der Waals surface area contributed by atoms with E-state index in [0.29, 0.717) is 40.8 Å². The highest BCUT2D eigenvalue weighted by molar-refractivity contribution is 7.90. The quantitative estimate of drug-likeness (QED) is 0.315. The van der Waals surface area contributed by atoms with Crippen LogP contribution in [-0.2, 0) is 34.0 Å². The van der Waals surface area contributed by atoms with E-state index in [2.05, 4.69) is 10.3 Å². The van der Waals surface area contributed by atoms with Crippen LogP contribution in [0.25, 0.3) is 11.0 Å². The van der Waals surface area contributed by atoms with Crippen LogP contribution in [-0.4, -0.2) is 60.0 Å². The number of hydrogen-bond donors (Lipinski definition) is 2. The smallest absolute Gasteiger partial charge is 0.326 e. The van der Waals surface area contributed by atoms with Gasteiger partial charge in [0.1, 0.15) is 11.6 Å². The minimum atomic E-state index is -3.56. The fourth-order valence-electron chi connectivity index (χ4n) is 4.75. The lowest BCUT2D eigenvalue weighted by Gasteiger charge is -2.30. The van der Waals surface area contributed by atoms with E-state index < -0.39 is 27.8 Å². The highest BCUT2D eigenvalue weighted by Crippen LogP contribution is 2.35. The molecule has 0 saturated heterocycles. The SMILES string of the molecule is CS(=O)(=O)c1cncc(C[C@H](NC(=O)c2c(Cl)cc3c(c2Cl)CCN(C(=O)c2ccc4ccoc4c2)C3)C(=O)O)c1. The molecule has 0 radical (unpaired) electrons. The van der Waals surface area contributed by atoms with Crippen LogP contribution in [0.5, 0.6) is 0 Å². The minimum Gasteiger partial charge on any atom is -0.480 e. The summed E-state index contributed by atoms with van der Waals surface area (Å²) < 4.78 is 29.1. The van der Waals surface area contributed by atoms with E-state index in [1.165, 1.54) is 12.3 Å². The zero-order chi connectivity index (χ0) is 29.5. The van der Waals surface area contributed by atoms with Gasteiger partial charge in [0.05, 0.1) is 26.8 Å². The van der Waals surface area contributed by atoms with Crippen molar-refractivity contribution in [3.05, 3.63) is 92.9 Å². The van der Waals surface area contributed by atoms with E-state index in [-0.39, 0.29) is 39.4 Å². The van der Waals surface area contributed by atoms with Crippen LogP contribution in [0.4, 0.5) is 0 Å². The molecular formula is C28H23Cl2N3O7S. The Morgan fingerprint density at radius 2 is 1.93 bits per heavy atom. The van der Waals surface area contributed by atoms with Crippen LogP contribution < -0.4 is 5.32 Å². The van der Waals surface area contributed by atoms with Gasteiger partial charge in [0.25, 0.3) is 11.8 Å². The van der Waals surface area contributed by atoms with E-state index in [1.807, 2.05) is 12.1 Å². The number of rotatable bonds is 7. The number of furan rings is 1. The van der Waals surface area contributed by atoms with Gasteiger partial charge in [0.15, 0.2) is 9.84 Å². The van der Waals surface area contributed by atoms with Gasteiger partial charge in [-0.25, -0.2) is 13.2 Å². The number of amides is 2. The molecule has 1 atom stereocenters. The highest BCUT2D eigenvalue weighted by Gasteiger charge is 2.30. The number of fused-ring (bicyclic) bond motifs is 2. The van der Waals surface area contributed by atoms with Gasteiger partial charge in [-0.05, 0) is 53.4 Å². The Balaban J connectivity index is 1.35. The Morgan fingerprint density at radius 1 is 1.15 bits per heavy atom. The maximum absolute atomic E-state index is 13.2. The van der Waals surface area contributed by atoms with Gasteiger partial charge in [-0.3, -0.25) is 14.6 Å². The first-order valence-corrected chi connectivity index (χ1v) is 15.0. The summed E-state index contributed by atoms with van der Waals surface area (Å²) >= 11 is 13.1. The predicted molar refractivity (Wildman–Crippen MR) is 151 cm³/mol. The topological polar surface area (TPSA) is 147 Å². The number of carboxylic acid groups (broad SMARTS) is 1. The standard InChI is InChI=1S/C28H23Cl2N3O7S/c1-41(38,39)19-8-15(12-31-13-19)9-22(28(36)37)32-26(34)24-21(29)10-18-14-33(6-4-20(18)25(24)30)27(35)17-3-2-16-5-7-40-23(16)11-17/h2-3,5,7-8,10-13,22H,4,6,9,14H2,1H3,(H,32,34)(H,36,37)/t22-/m0/s1. The third kappa shape index (κ3) is 5.92. The van der Waals surface area contributed by atoms with Crippen molar-refractivity contribution in [3.63, 3.8) is 0 Å². The number of nitrogens with one attached hydrogen (secondary N) is 1. The molecule has 0 aliphatic carbocycles. The van der Waals surface area contributed by atoms with Crippen molar-refractivity contribution in [2.75, 3.05) is 12.8 Å². The lowest BCUT2D eigenvalue weighted by atomic mass is 9.95. The van der Waals surface area contributed by atoms with Gasteiger partial charge in [-0.2, -0.15) is 0 Å². The third-order valence-electron chi connectivity index (χ3n) is 6.86. The molecule has 0 spiro atoms. The molecule has 0 saturated carbocycles. The number of hydrogen-bond acceptors (Lipinski definition) is 7. The zero-order valence-corrected chi connectivity index (χ0v) is 23.9. The molecular weight excluding hydrogens is 593 g/mol. The van der Waals surface area contributed by atoms with Crippen molar-refractivity contribution in [1.29, 1.82) is 0 Å². The molecule has 1 aliphatic rings. The maximum atomic E-state index is 13.2. The van der Waals surface area contributed by atoms with Gasteiger partial charge in [-0.1, -0.05) is 29.3 Å². The Labute approximate surface area is 244 Å². The normalized spacial score (nSPS) is 14.0. The second-order valence-corrected chi connectivity index (χ2v) is 12.5. The monoisotopic (exact) mass is 615 g/mol. The van der Waals surface area contributed by atoms with Gasteiger partial charge in [-0.15, -0.1) is 0 Å². The first kappa shape index (κ1) is 28.6. The van der Waals surface area contributed by atoms with Crippen LogP contribution in [0.15, 0.2) is 64.4 Å². The molecule has 2 amide bonds. The molecule has 0 fully saturated rings. The number of benzene rings is 2. The summed E-state index contributed by atoms with van der Waals surface area (Å²) in [6.45, 7) is 0.555. The lowest BCUT2D eigenvalue weighted by Crippen LogP contribution is -2.43. The minimum absolute atomic E-state index is 0.00225. The predicted octanol–water partition coefficient (Wildman–Crippen LogP) is 4.16. The first-order valence-electron chi connectivity index (χ1n) is 12.4. The number of aromatic nitrogens is 1. The molecule has 41 heavy (non-hydrogen) atoms. The van der Waals surface area contributed by atoms with E-state index in [9.17, 15) is 27.9 Å². The second kappa shape index (κ2) is 11.2. The number of aliphatic carboxylic acids is 1. The second-order valence-electron chi connectivity index (χ2n) is 9.70. The molecule has 5 rings (SSSR count). The van der Waals surface area contributed by atoms with E-state index in [0.717, 1.165) is 17.8 Å². The molecule has 2 aromatic carbocycles. The molecule has 0 unspecified atom stereocenters. The van der Waals surface area contributed by atoms with Crippen molar-refractivity contribution in [2.24, 2.45) is 0 Å². The first-order chi connectivity index (χ1) is 19.4. The number of carbonyl (C=O) groups is 3. The van der Waals surface area contributed by atoms with Crippen LogP contribution in [0.2, 0.25) is 10.0 Å². The Morgan fingerprint density at radius 3 is 2.66 bits per heavy atom. The maximum Gasteiger partial charge on any atom is 0.326 e. The average Bonchev–Trinajstić information content (AvgIpc) is 3.39. The molecule has 2 N–H and O–H groups in total. The third-order valence-corrected chi connectivity index (χ3v) is 8.66. The molecule has 2 aromatic heterocycles. The Bertz CT molecular complexity index is 1820. The molecule has 1 aliphatic heterocycles. The van der Waals surface area contributed by atoms with E-state index >= 15 is 0 Å². The van der Waals surface area contributed by atoms with E-state index in [4.69, 9.17) is 27.6 Å². The number of carboxylic acids is 1. The lowest BCUT2D eigenvalue weighted by molar-refractivity contribution is -0.139.